The summed E-state index contributed by atoms with van der Waals surface area (Å²) >= 11 is 0. The maximum atomic E-state index is 10.8. The number of hydrogen-bond donors (Lipinski definition) is 0. The summed E-state index contributed by atoms with van der Waals surface area (Å²) in [6.45, 7) is 33.2. The highest BCUT2D eigenvalue weighted by Gasteiger charge is 2.24. The average molecular weight is 1030 g/mol. The Labute approximate surface area is 467 Å². The fourth-order valence-electron chi connectivity index (χ4n) is 11.5. The lowest BCUT2D eigenvalue weighted by Crippen LogP contribution is -2.03. The molecule has 2 heterocycles. The van der Waals surface area contributed by atoms with Crippen molar-refractivity contribution < 1.29 is 0 Å². The number of nitriles is 2. The fraction of sp³-hybridized carbons (Fsp3) is 0.0137. The molecule has 8 nitrogen and oxygen atoms in total. The molecule has 13 aromatic rings. The van der Waals surface area contributed by atoms with E-state index in [9.17, 15) is 10.5 Å². The van der Waals surface area contributed by atoms with Crippen LogP contribution in [0, 0.1) is 55.9 Å². The molecule has 0 fully saturated rings. The van der Waals surface area contributed by atoms with Crippen LogP contribution in [0.4, 0.5) is 22.7 Å². The van der Waals surface area contributed by atoms with E-state index in [2.05, 4.69) is 132 Å². The molecule has 0 aliphatic rings. The van der Waals surface area contributed by atoms with E-state index in [4.69, 9.17) is 26.3 Å². The Morgan fingerprint density at radius 3 is 1.09 bits per heavy atom. The van der Waals surface area contributed by atoms with Crippen LogP contribution in [0.5, 0.6) is 0 Å². The lowest BCUT2D eigenvalue weighted by Gasteiger charge is -2.20. The van der Waals surface area contributed by atoms with Gasteiger partial charge in [-0.25, -0.2) is 19.4 Å². The fourth-order valence-corrected chi connectivity index (χ4v) is 11.5. The van der Waals surface area contributed by atoms with Crippen molar-refractivity contribution in [3.63, 3.8) is 0 Å². The van der Waals surface area contributed by atoms with Gasteiger partial charge in [0.15, 0.2) is 22.7 Å². The van der Waals surface area contributed by atoms with Crippen molar-refractivity contribution in [3.8, 4) is 90.3 Å². The van der Waals surface area contributed by atoms with Crippen molar-refractivity contribution in [1.82, 2.24) is 9.13 Å². The molecule has 0 spiro atoms. The Morgan fingerprint density at radius 1 is 0.309 bits per heavy atom. The summed E-state index contributed by atoms with van der Waals surface area (Å²) < 4.78 is 4.58. The molecule has 8 heteroatoms. The molecular formula is C73H40N8. The number of rotatable bonds is 8. The molecule has 81 heavy (non-hydrogen) atoms. The Bertz CT molecular complexity index is 4870. The molecular weight excluding hydrogens is 989 g/mol. The second-order valence-electron chi connectivity index (χ2n) is 20.0. The maximum absolute atomic E-state index is 10.8. The normalized spacial score (nSPS) is 11.0. The van der Waals surface area contributed by atoms with Gasteiger partial charge in [-0.15, -0.1) is 0 Å². The maximum Gasteiger partial charge on any atom is 0.187 e. The van der Waals surface area contributed by atoms with E-state index in [0.717, 1.165) is 127 Å². The molecule has 2 aromatic heterocycles. The minimum absolute atomic E-state index is 0.477. The van der Waals surface area contributed by atoms with Gasteiger partial charge >= 0.3 is 0 Å². The van der Waals surface area contributed by atoms with Crippen LogP contribution in [0.2, 0.25) is 0 Å². The summed E-state index contributed by atoms with van der Waals surface area (Å²) in [6.07, 6.45) is 0. The summed E-state index contributed by atoms with van der Waals surface area (Å²) in [4.78, 5) is 15.0. The molecule has 11 aromatic carbocycles. The molecule has 0 unspecified atom stereocenters. The SMILES string of the molecule is [C-]#[N+]c1cccc(-c2ccc3c(c2)c2cc(-c4cccc(C#N)c4)ccc2n3-c2ccc(C#N)cc2-c2cc(-c3ccc([N+]#[C-])cc3C)ccc2-n2c3ccc(-c4cccc([N+]#[C-])c4)cc3c3cc(-c4cccc([N+]#[C-])c4)ccc32)c1. The van der Waals surface area contributed by atoms with Gasteiger partial charge < -0.3 is 9.13 Å². The molecule has 13 rings (SSSR count). The zero-order valence-corrected chi connectivity index (χ0v) is 43.4. The Morgan fingerprint density at radius 2 is 0.667 bits per heavy atom. The molecule has 0 saturated carbocycles. The van der Waals surface area contributed by atoms with Crippen molar-refractivity contribution in [2.75, 3.05) is 0 Å². The van der Waals surface area contributed by atoms with Gasteiger partial charge in [-0.3, -0.25) is 0 Å². The van der Waals surface area contributed by atoms with Crippen molar-refractivity contribution in [1.29, 1.82) is 10.5 Å². The monoisotopic (exact) mass is 1030 g/mol. The van der Waals surface area contributed by atoms with Crippen LogP contribution in [-0.4, -0.2) is 9.13 Å². The minimum Gasteiger partial charge on any atom is -0.309 e. The summed E-state index contributed by atoms with van der Waals surface area (Å²) in [5, 5.41) is 24.7. The third kappa shape index (κ3) is 8.46. The summed E-state index contributed by atoms with van der Waals surface area (Å²) in [5.74, 6) is 0. The molecule has 0 bridgehead atoms. The topological polar surface area (TPSA) is 74.9 Å². The van der Waals surface area contributed by atoms with Crippen molar-refractivity contribution in [3.05, 3.63) is 287 Å². The number of aryl methyl sites for hydroxylation is 1. The van der Waals surface area contributed by atoms with Crippen LogP contribution in [-0.2, 0) is 0 Å². The highest BCUT2D eigenvalue weighted by atomic mass is 15.0. The quantitative estimate of drug-likeness (QED) is 0.142. The number of fused-ring (bicyclic) bond motifs is 6. The van der Waals surface area contributed by atoms with Gasteiger partial charge in [0.25, 0.3) is 0 Å². The molecule has 0 saturated heterocycles. The van der Waals surface area contributed by atoms with Gasteiger partial charge in [-0.2, -0.15) is 10.5 Å². The standard InChI is InChI=1S/C73H40N8/c1-45-32-60(79-5)24-25-61(45)56-23-31-73(81-71-29-21-54(50-13-8-16-58(36-50)77-3)40-65(71)66-41-55(22-30-72(66)81)51-14-9-17-59(37-51)78-4)67(42-56)62-34-47(44-75)18-26-68(62)80-69-27-19-52(48-11-6-10-46(33-48)43-74)38-63(69)64-39-53(20-28-70(64)80)49-12-7-15-57(35-49)76-2/h6-42H,1H3. The second kappa shape index (κ2) is 19.8. The Balaban J connectivity index is 1.12. The van der Waals surface area contributed by atoms with Gasteiger partial charge in [0, 0.05) is 32.7 Å². The first-order valence-electron chi connectivity index (χ1n) is 26.0. The zero-order valence-electron chi connectivity index (χ0n) is 43.4. The van der Waals surface area contributed by atoms with E-state index in [0.29, 0.717) is 33.9 Å². The summed E-state index contributed by atoms with van der Waals surface area (Å²) in [7, 11) is 0. The van der Waals surface area contributed by atoms with Gasteiger partial charge in [0.2, 0.25) is 0 Å². The van der Waals surface area contributed by atoms with E-state index in [-0.39, 0.29) is 0 Å². The van der Waals surface area contributed by atoms with Crippen LogP contribution in [0.1, 0.15) is 16.7 Å². The van der Waals surface area contributed by atoms with Crippen molar-refractivity contribution >= 4 is 66.4 Å². The molecule has 0 radical (unpaired) electrons. The predicted molar refractivity (Wildman–Crippen MR) is 327 cm³/mol. The van der Waals surface area contributed by atoms with E-state index in [1.54, 1.807) is 6.07 Å². The average Bonchev–Trinajstić information content (AvgIpc) is 4.28. The number of aromatic nitrogens is 2. The Kier molecular flexibility index (Phi) is 11.9. The van der Waals surface area contributed by atoms with Gasteiger partial charge in [-0.05, 0) is 172 Å². The molecule has 0 aliphatic carbocycles. The lowest BCUT2D eigenvalue weighted by atomic mass is 9.93. The van der Waals surface area contributed by atoms with Crippen LogP contribution >= 0.6 is 0 Å². The van der Waals surface area contributed by atoms with E-state index in [1.165, 1.54) is 0 Å². The van der Waals surface area contributed by atoms with Crippen LogP contribution in [0.15, 0.2) is 224 Å². The van der Waals surface area contributed by atoms with E-state index in [1.807, 2.05) is 134 Å². The molecule has 0 N–H and O–H groups in total. The van der Waals surface area contributed by atoms with E-state index >= 15 is 0 Å². The van der Waals surface area contributed by atoms with Crippen molar-refractivity contribution in [2.24, 2.45) is 0 Å². The first-order valence-corrected chi connectivity index (χ1v) is 26.0. The molecule has 372 valence electrons. The van der Waals surface area contributed by atoms with Gasteiger partial charge in [-0.1, -0.05) is 121 Å². The first kappa shape index (κ1) is 48.6. The lowest BCUT2D eigenvalue weighted by molar-refractivity contribution is 1.16. The molecule has 0 aliphatic heterocycles. The molecule has 0 atom stereocenters. The van der Waals surface area contributed by atoms with Gasteiger partial charge in [0.1, 0.15) is 0 Å². The second-order valence-corrected chi connectivity index (χ2v) is 20.0. The molecule has 0 amide bonds. The van der Waals surface area contributed by atoms with E-state index < -0.39 is 0 Å². The third-order valence-corrected chi connectivity index (χ3v) is 15.3. The smallest absolute Gasteiger partial charge is 0.187 e. The van der Waals surface area contributed by atoms with Crippen LogP contribution < -0.4 is 0 Å². The van der Waals surface area contributed by atoms with Crippen LogP contribution in [0.3, 0.4) is 0 Å². The minimum atomic E-state index is 0.477. The number of hydrogen-bond acceptors (Lipinski definition) is 2. The summed E-state index contributed by atoms with van der Waals surface area (Å²) in [6, 6.07) is 79.3. The Hall–Kier alpha value is -12.0. The number of benzene rings is 11. The predicted octanol–water partition coefficient (Wildman–Crippen LogP) is 20.1. The van der Waals surface area contributed by atoms with Crippen molar-refractivity contribution in [2.45, 2.75) is 6.92 Å². The number of nitrogens with zero attached hydrogens (tertiary/aromatic N) is 8. The highest BCUT2D eigenvalue weighted by Crippen LogP contribution is 2.46. The van der Waals surface area contributed by atoms with Gasteiger partial charge in [0.05, 0.1) is 83.0 Å². The van der Waals surface area contributed by atoms with Crippen LogP contribution in [0.25, 0.3) is 141 Å². The zero-order chi connectivity index (χ0) is 55.3. The largest absolute Gasteiger partial charge is 0.309 e. The summed E-state index contributed by atoms with van der Waals surface area (Å²) in [5.41, 5.74) is 20.7. The highest BCUT2D eigenvalue weighted by molar-refractivity contribution is 6.14. The first-order chi connectivity index (χ1) is 39.7. The third-order valence-electron chi connectivity index (χ3n) is 15.3.